The zero-order valence-corrected chi connectivity index (χ0v) is 10.8. The van der Waals surface area contributed by atoms with Crippen LogP contribution in [-0.2, 0) is 11.3 Å². The van der Waals surface area contributed by atoms with E-state index in [0.717, 1.165) is 12.1 Å². The topological polar surface area (TPSA) is 101 Å². The number of nitrogens with two attached hydrogens (primary N) is 1. The van der Waals surface area contributed by atoms with Crippen LogP contribution in [-0.4, -0.2) is 47.8 Å². The minimum atomic E-state index is -0.444. The van der Waals surface area contributed by atoms with E-state index >= 15 is 0 Å². The van der Waals surface area contributed by atoms with Crippen molar-refractivity contribution in [3.63, 3.8) is 0 Å². The molecule has 1 aromatic rings. The smallest absolute Gasteiger partial charge is 0.301 e. The average molecular weight is 269 g/mol. The Balaban J connectivity index is 2.04. The van der Waals surface area contributed by atoms with E-state index in [4.69, 9.17) is 15.0 Å². The first-order chi connectivity index (χ1) is 9.13. The van der Waals surface area contributed by atoms with Gasteiger partial charge in [0.1, 0.15) is 0 Å². The van der Waals surface area contributed by atoms with E-state index in [-0.39, 0.29) is 24.6 Å². The number of furan rings is 1. The molecule has 1 aromatic heterocycles. The molecule has 2 heterocycles. The third kappa shape index (κ3) is 3.32. The number of carbonyl (C=O) groups excluding carboxylic acids is 1. The molecule has 2 atom stereocenters. The largest absolute Gasteiger partial charge is 0.459 e. The van der Waals surface area contributed by atoms with Crippen molar-refractivity contribution in [3.8, 4) is 0 Å². The molecule has 2 unspecified atom stereocenters. The van der Waals surface area contributed by atoms with E-state index in [9.17, 15) is 9.90 Å². The van der Waals surface area contributed by atoms with Crippen LogP contribution in [0.25, 0.3) is 0 Å². The summed E-state index contributed by atoms with van der Waals surface area (Å²) in [6.45, 7) is 3.87. The summed E-state index contributed by atoms with van der Waals surface area (Å²) < 4.78 is 10.7. The molecule has 1 amide bonds. The van der Waals surface area contributed by atoms with Crippen LogP contribution in [0.3, 0.4) is 0 Å². The predicted molar refractivity (Wildman–Crippen MR) is 67.1 cm³/mol. The molecule has 2 rings (SSSR count). The van der Waals surface area contributed by atoms with Crippen molar-refractivity contribution in [3.05, 3.63) is 23.7 Å². The maximum absolute atomic E-state index is 11.5. The van der Waals surface area contributed by atoms with Gasteiger partial charge < -0.3 is 14.3 Å². The van der Waals surface area contributed by atoms with Gasteiger partial charge in [-0.3, -0.25) is 15.1 Å². The van der Waals surface area contributed by atoms with Gasteiger partial charge in [0.25, 0.3) is 0 Å². The van der Waals surface area contributed by atoms with E-state index in [1.807, 2.05) is 6.92 Å². The van der Waals surface area contributed by atoms with E-state index in [2.05, 4.69) is 10.3 Å². The zero-order valence-electron chi connectivity index (χ0n) is 10.8. The van der Waals surface area contributed by atoms with Crippen LogP contribution >= 0.6 is 0 Å². The Bertz CT molecular complexity index is 434. The third-order valence-corrected chi connectivity index (χ3v) is 3.08. The van der Waals surface area contributed by atoms with Crippen molar-refractivity contribution in [1.82, 2.24) is 10.3 Å². The monoisotopic (exact) mass is 269 g/mol. The molecule has 1 saturated heterocycles. The summed E-state index contributed by atoms with van der Waals surface area (Å²) in [7, 11) is 0. The number of aliphatic hydroxyl groups excluding tert-OH is 1. The first kappa shape index (κ1) is 14.0. The summed E-state index contributed by atoms with van der Waals surface area (Å²) in [4.78, 5) is 13.6. The van der Waals surface area contributed by atoms with Gasteiger partial charge in [-0.05, 0) is 13.0 Å². The molecular weight excluding hydrogens is 250 g/mol. The van der Waals surface area contributed by atoms with Gasteiger partial charge in [0.2, 0.25) is 0 Å². The molecule has 1 aliphatic rings. The highest BCUT2D eigenvalue weighted by Crippen LogP contribution is 2.17. The molecule has 0 aromatic carbocycles. The number of rotatable bonds is 4. The maximum atomic E-state index is 11.5. The standard InChI is InChI=1S/C12H19N3O4/c1-8-4-15(6-10(7-16)19-8)5-9-2-3-18-11(9)12(17)14-13/h2-3,8,10,16H,4-7,13H2,1H3,(H,14,17). The molecule has 1 fully saturated rings. The van der Waals surface area contributed by atoms with Crippen LogP contribution in [0.4, 0.5) is 0 Å². The van der Waals surface area contributed by atoms with Crippen LogP contribution in [0.5, 0.6) is 0 Å². The highest BCUT2D eigenvalue weighted by molar-refractivity contribution is 5.92. The lowest BCUT2D eigenvalue weighted by molar-refractivity contribution is -0.0973. The molecule has 7 heteroatoms. The van der Waals surface area contributed by atoms with E-state index in [1.165, 1.54) is 6.26 Å². The van der Waals surface area contributed by atoms with Crippen LogP contribution in [0.1, 0.15) is 23.0 Å². The molecule has 1 aliphatic heterocycles. The average Bonchev–Trinajstić information content (AvgIpc) is 2.85. The van der Waals surface area contributed by atoms with Gasteiger partial charge in [-0.1, -0.05) is 0 Å². The molecule has 7 nitrogen and oxygen atoms in total. The van der Waals surface area contributed by atoms with Crippen molar-refractivity contribution in [1.29, 1.82) is 0 Å². The number of amides is 1. The lowest BCUT2D eigenvalue weighted by atomic mass is 10.1. The zero-order chi connectivity index (χ0) is 13.8. The van der Waals surface area contributed by atoms with Gasteiger partial charge in [-0.15, -0.1) is 0 Å². The molecule has 19 heavy (non-hydrogen) atoms. The van der Waals surface area contributed by atoms with Crippen LogP contribution in [0.2, 0.25) is 0 Å². The molecule has 0 aliphatic carbocycles. The van der Waals surface area contributed by atoms with Gasteiger partial charge in [-0.2, -0.15) is 0 Å². The Morgan fingerprint density at radius 1 is 1.63 bits per heavy atom. The first-order valence-corrected chi connectivity index (χ1v) is 6.20. The maximum Gasteiger partial charge on any atom is 0.301 e. The molecule has 0 saturated carbocycles. The lowest BCUT2D eigenvalue weighted by Gasteiger charge is -2.35. The predicted octanol–water partition coefficient (Wildman–Crippen LogP) is -0.535. The molecule has 106 valence electrons. The Hall–Kier alpha value is -1.41. The van der Waals surface area contributed by atoms with Crippen LogP contribution < -0.4 is 11.3 Å². The molecular formula is C12H19N3O4. The fourth-order valence-corrected chi connectivity index (χ4v) is 2.34. The number of nitrogens with zero attached hydrogens (tertiary/aromatic N) is 1. The van der Waals surface area contributed by atoms with Crippen LogP contribution in [0.15, 0.2) is 16.7 Å². The van der Waals surface area contributed by atoms with Crippen molar-refractivity contribution < 1.29 is 19.1 Å². The Kier molecular flexibility index (Phi) is 4.54. The summed E-state index contributed by atoms with van der Waals surface area (Å²) in [6.07, 6.45) is 1.32. The van der Waals surface area contributed by atoms with Crippen molar-refractivity contribution >= 4 is 5.91 Å². The second kappa shape index (κ2) is 6.16. The fraction of sp³-hybridized carbons (Fsp3) is 0.583. The Labute approximate surface area is 111 Å². The van der Waals surface area contributed by atoms with Gasteiger partial charge in [0, 0.05) is 25.2 Å². The van der Waals surface area contributed by atoms with Crippen molar-refractivity contribution in [2.75, 3.05) is 19.7 Å². The van der Waals surface area contributed by atoms with E-state index in [1.54, 1.807) is 6.07 Å². The van der Waals surface area contributed by atoms with Crippen molar-refractivity contribution in [2.45, 2.75) is 25.7 Å². The highest BCUT2D eigenvalue weighted by atomic mass is 16.5. The third-order valence-electron chi connectivity index (χ3n) is 3.08. The highest BCUT2D eigenvalue weighted by Gasteiger charge is 2.26. The normalized spacial score (nSPS) is 24.4. The number of carbonyl (C=O) groups is 1. The number of nitrogen functional groups attached to an aromatic ring is 1. The number of ether oxygens (including phenoxy) is 1. The fourth-order valence-electron chi connectivity index (χ4n) is 2.34. The van der Waals surface area contributed by atoms with Crippen LogP contribution in [0, 0.1) is 0 Å². The molecule has 0 radical (unpaired) electrons. The number of morpholine rings is 1. The molecule has 0 spiro atoms. The Morgan fingerprint density at radius 3 is 3.11 bits per heavy atom. The van der Waals surface area contributed by atoms with E-state index < -0.39 is 5.91 Å². The summed E-state index contributed by atoms with van der Waals surface area (Å²) in [5.74, 6) is 4.88. The summed E-state index contributed by atoms with van der Waals surface area (Å²) in [5, 5.41) is 9.18. The van der Waals surface area contributed by atoms with Gasteiger partial charge in [-0.25, -0.2) is 5.84 Å². The summed E-state index contributed by atoms with van der Waals surface area (Å²) >= 11 is 0. The SMILES string of the molecule is CC1CN(Cc2ccoc2C(=O)NN)CC(CO)O1. The quantitative estimate of drug-likeness (QED) is 0.386. The van der Waals surface area contributed by atoms with Crippen molar-refractivity contribution in [2.24, 2.45) is 5.84 Å². The summed E-state index contributed by atoms with van der Waals surface area (Å²) in [5.41, 5.74) is 2.83. The second-order valence-electron chi connectivity index (χ2n) is 4.69. The minimum Gasteiger partial charge on any atom is -0.459 e. The minimum absolute atomic E-state index is 0.0115. The van der Waals surface area contributed by atoms with Gasteiger partial charge in [0.15, 0.2) is 5.76 Å². The Morgan fingerprint density at radius 2 is 2.42 bits per heavy atom. The molecule has 0 bridgehead atoms. The number of hydrazine groups is 1. The number of aliphatic hydroxyl groups is 1. The molecule has 4 N–H and O–H groups in total. The number of nitrogens with one attached hydrogen (secondary N) is 1. The number of hydrogen-bond acceptors (Lipinski definition) is 6. The van der Waals surface area contributed by atoms with E-state index in [0.29, 0.717) is 13.1 Å². The first-order valence-electron chi connectivity index (χ1n) is 6.20. The summed E-state index contributed by atoms with van der Waals surface area (Å²) in [6, 6.07) is 1.75. The second-order valence-corrected chi connectivity index (χ2v) is 4.69. The van der Waals surface area contributed by atoms with Gasteiger partial charge >= 0.3 is 5.91 Å². The van der Waals surface area contributed by atoms with Gasteiger partial charge in [0.05, 0.1) is 25.1 Å². The number of hydrogen-bond donors (Lipinski definition) is 3. The lowest BCUT2D eigenvalue weighted by Crippen LogP contribution is -2.47.